The lowest BCUT2D eigenvalue weighted by Crippen LogP contribution is -2.27. The lowest BCUT2D eigenvalue weighted by atomic mass is 10.1. The van der Waals surface area contributed by atoms with Gasteiger partial charge in [-0.15, -0.1) is 23.5 Å². The standard InChI is InChI=1S/C24H25NS2/c1-16-4-10-19(11-5-16)22-25-23(20-12-6-17(2)7-13-20)27-24(26-22)21-14-8-18(3)9-15-21/h4-15,22-25H,1-3H3. The molecule has 1 nitrogen and oxygen atoms in total. The van der Waals surface area contributed by atoms with E-state index in [-0.39, 0.29) is 10.7 Å². The molecule has 3 aromatic carbocycles. The van der Waals surface area contributed by atoms with Gasteiger partial charge in [0.1, 0.15) is 0 Å². The van der Waals surface area contributed by atoms with Crippen molar-refractivity contribution >= 4 is 23.5 Å². The smallest absolute Gasteiger partial charge is 0.0815 e. The van der Waals surface area contributed by atoms with Gasteiger partial charge in [0.15, 0.2) is 0 Å². The number of aryl methyl sites for hydroxylation is 3. The predicted molar refractivity (Wildman–Crippen MR) is 120 cm³/mol. The van der Waals surface area contributed by atoms with Crippen molar-refractivity contribution in [3.63, 3.8) is 0 Å². The number of rotatable bonds is 3. The SMILES string of the molecule is Cc1ccc(C2NC(c3ccc(C)cc3)SC(c3ccc(C)cc3)S2)cc1. The summed E-state index contributed by atoms with van der Waals surface area (Å²) in [6.45, 7) is 6.44. The summed E-state index contributed by atoms with van der Waals surface area (Å²) in [6, 6.07) is 26.9. The molecule has 0 bridgehead atoms. The molecule has 1 N–H and O–H groups in total. The molecule has 2 unspecified atom stereocenters. The minimum atomic E-state index is 0.282. The highest BCUT2D eigenvalue weighted by atomic mass is 32.2. The van der Waals surface area contributed by atoms with Crippen LogP contribution in [0.4, 0.5) is 0 Å². The molecule has 0 saturated carbocycles. The molecule has 0 radical (unpaired) electrons. The van der Waals surface area contributed by atoms with Gasteiger partial charge in [0.05, 0.1) is 15.3 Å². The molecule has 0 aliphatic carbocycles. The van der Waals surface area contributed by atoms with Crippen LogP contribution >= 0.6 is 23.5 Å². The number of hydrogen-bond donors (Lipinski definition) is 1. The van der Waals surface area contributed by atoms with E-state index in [9.17, 15) is 0 Å². The third-order valence-electron chi connectivity index (χ3n) is 4.93. The van der Waals surface area contributed by atoms with E-state index in [0.717, 1.165) is 0 Å². The molecule has 1 aliphatic rings. The van der Waals surface area contributed by atoms with E-state index >= 15 is 0 Å². The van der Waals surface area contributed by atoms with Crippen molar-refractivity contribution in [1.29, 1.82) is 0 Å². The minimum absolute atomic E-state index is 0.282. The molecule has 1 aliphatic heterocycles. The Kier molecular flexibility index (Phi) is 5.63. The second-order valence-electron chi connectivity index (χ2n) is 7.26. The zero-order chi connectivity index (χ0) is 18.8. The molecule has 27 heavy (non-hydrogen) atoms. The van der Waals surface area contributed by atoms with E-state index in [2.05, 4.69) is 98.9 Å². The molecule has 1 fully saturated rings. The zero-order valence-corrected chi connectivity index (χ0v) is 17.6. The highest BCUT2D eigenvalue weighted by molar-refractivity contribution is 8.17. The molecule has 4 rings (SSSR count). The predicted octanol–water partition coefficient (Wildman–Crippen LogP) is 7.08. The third-order valence-corrected chi connectivity index (χ3v) is 8.00. The Labute approximate surface area is 171 Å². The van der Waals surface area contributed by atoms with Gasteiger partial charge in [0, 0.05) is 0 Å². The van der Waals surface area contributed by atoms with Crippen molar-refractivity contribution in [2.75, 3.05) is 0 Å². The summed E-state index contributed by atoms with van der Waals surface area (Å²) in [5.74, 6) is 0. The van der Waals surface area contributed by atoms with Crippen molar-refractivity contribution < 1.29 is 0 Å². The van der Waals surface area contributed by atoms with Crippen LogP contribution in [0, 0.1) is 20.8 Å². The Morgan fingerprint density at radius 3 is 1.22 bits per heavy atom. The normalized spacial score (nSPS) is 22.6. The molecule has 2 atom stereocenters. The van der Waals surface area contributed by atoms with Gasteiger partial charge >= 0.3 is 0 Å². The highest BCUT2D eigenvalue weighted by Crippen LogP contribution is 2.55. The topological polar surface area (TPSA) is 12.0 Å². The third kappa shape index (κ3) is 4.43. The molecular formula is C24H25NS2. The minimum Gasteiger partial charge on any atom is -0.286 e. The van der Waals surface area contributed by atoms with E-state index in [1.54, 1.807) is 0 Å². The molecule has 3 aromatic rings. The first-order chi connectivity index (χ1) is 13.1. The molecule has 0 aromatic heterocycles. The van der Waals surface area contributed by atoms with Gasteiger partial charge in [0.25, 0.3) is 0 Å². The van der Waals surface area contributed by atoms with Gasteiger partial charge in [-0.05, 0) is 37.5 Å². The summed E-state index contributed by atoms with van der Waals surface area (Å²) in [5, 5.41) is 4.43. The van der Waals surface area contributed by atoms with Crippen molar-refractivity contribution in [2.45, 2.75) is 36.1 Å². The van der Waals surface area contributed by atoms with Crippen LogP contribution in [0.3, 0.4) is 0 Å². The Morgan fingerprint density at radius 1 is 0.519 bits per heavy atom. The van der Waals surface area contributed by atoms with Crippen molar-refractivity contribution in [3.8, 4) is 0 Å². The Bertz CT molecular complexity index is 757. The van der Waals surface area contributed by atoms with Crippen LogP contribution in [-0.4, -0.2) is 0 Å². The van der Waals surface area contributed by atoms with Gasteiger partial charge in [0.2, 0.25) is 0 Å². The first-order valence-electron chi connectivity index (χ1n) is 9.35. The molecule has 0 amide bonds. The van der Waals surface area contributed by atoms with Gasteiger partial charge in [-0.3, -0.25) is 5.32 Å². The second kappa shape index (κ2) is 8.14. The van der Waals surface area contributed by atoms with E-state index in [1.807, 2.05) is 23.5 Å². The summed E-state index contributed by atoms with van der Waals surface area (Å²) in [4.78, 5) is 0. The largest absolute Gasteiger partial charge is 0.286 e. The number of benzene rings is 3. The number of hydrogen-bond acceptors (Lipinski definition) is 3. The van der Waals surface area contributed by atoms with E-state index in [4.69, 9.17) is 0 Å². The molecule has 1 heterocycles. The second-order valence-corrected chi connectivity index (χ2v) is 9.99. The molecule has 3 heteroatoms. The quantitative estimate of drug-likeness (QED) is 0.512. The number of thioether (sulfide) groups is 2. The first kappa shape index (κ1) is 18.7. The maximum absolute atomic E-state index is 3.86. The lowest BCUT2D eigenvalue weighted by Gasteiger charge is -2.36. The lowest BCUT2D eigenvalue weighted by molar-refractivity contribution is 0.654. The molecular weight excluding hydrogens is 366 g/mol. The van der Waals surface area contributed by atoms with Crippen molar-refractivity contribution in [2.24, 2.45) is 0 Å². The van der Waals surface area contributed by atoms with Gasteiger partial charge in [-0.1, -0.05) is 89.5 Å². The van der Waals surface area contributed by atoms with E-state index in [1.165, 1.54) is 33.4 Å². The van der Waals surface area contributed by atoms with Crippen LogP contribution in [0.15, 0.2) is 72.8 Å². The van der Waals surface area contributed by atoms with Crippen LogP contribution in [0.25, 0.3) is 0 Å². The maximum atomic E-state index is 3.86. The summed E-state index contributed by atoms with van der Waals surface area (Å²) >= 11 is 4.01. The van der Waals surface area contributed by atoms with E-state index in [0.29, 0.717) is 4.58 Å². The fraction of sp³-hybridized carbons (Fsp3) is 0.250. The van der Waals surface area contributed by atoms with Crippen molar-refractivity contribution in [3.05, 3.63) is 106 Å². The van der Waals surface area contributed by atoms with Crippen LogP contribution in [-0.2, 0) is 0 Å². The summed E-state index contributed by atoms with van der Waals surface area (Å²) in [7, 11) is 0. The van der Waals surface area contributed by atoms with Crippen LogP contribution < -0.4 is 5.32 Å². The molecule has 138 valence electrons. The fourth-order valence-electron chi connectivity index (χ4n) is 3.21. The van der Waals surface area contributed by atoms with Gasteiger partial charge < -0.3 is 0 Å². The molecule has 0 spiro atoms. The summed E-state index contributed by atoms with van der Waals surface area (Å²) < 4.78 is 0.407. The highest BCUT2D eigenvalue weighted by Gasteiger charge is 2.32. The van der Waals surface area contributed by atoms with E-state index < -0.39 is 0 Å². The Morgan fingerprint density at radius 2 is 0.852 bits per heavy atom. The van der Waals surface area contributed by atoms with Crippen LogP contribution in [0.2, 0.25) is 0 Å². The van der Waals surface area contributed by atoms with Crippen molar-refractivity contribution in [1.82, 2.24) is 5.32 Å². The van der Waals surface area contributed by atoms with Gasteiger partial charge in [-0.25, -0.2) is 0 Å². The van der Waals surface area contributed by atoms with Crippen LogP contribution in [0.1, 0.15) is 48.7 Å². The monoisotopic (exact) mass is 391 g/mol. The average molecular weight is 392 g/mol. The van der Waals surface area contributed by atoms with Gasteiger partial charge in [-0.2, -0.15) is 0 Å². The van der Waals surface area contributed by atoms with Crippen LogP contribution in [0.5, 0.6) is 0 Å². The average Bonchev–Trinajstić information content (AvgIpc) is 2.69. The maximum Gasteiger partial charge on any atom is 0.0815 e. The number of nitrogens with one attached hydrogen (secondary N) is 1. The zero-order valence-electron chi connectivity index (χ0n) is 16.0. The summed E-state index contributed by atoms with van der Waals surface area (Å²) in [5.41, 5.74) is 8.01. The first-order valence-corrected chi connectivity index (χ1v) is 11.2. The fourth-order valence-corrected chi connectivity index (χ4v) is 6.40. The molecule has 1 saturated heterocycles. The Balaban J connectivity index is 1.66. The Hall–Kier alpha value is -1.68. The summed E-state index contributed by atoms with van der Waals surface area (Å²) in [6.07, 6.45) is 0.